The van der Waals surface area contributed by atoms with Crippen LogP contribution in [-0.2, 0) is 26.5 Å². The standard InChI is InChI=1S/C12H15N3O/c1-7-11-9(6-16)8-4-3-5-10(8)13-12(11)15(2)14-7/h16H,3-6H2,1-2H3. The molecule has 3 rings (SSSR count). The van der Waals surface area contributed by atoms with Crippen molar-refractivity contribution in [1.82, 2.24) is 14.8 Å². The molecule has 0 saturated carbocycles. The van der Waals surface area contributed by atoms with E-state index in [0.29, 0.717) is 0 Å². The first-order valence-corrected chi connectivity index (χ1v) is 5.67. The summed E-state index contributed by atoms with van der Waals surface area (Å²) in [4.78, 5) is 4.67. The predicted molar refractivity (Wildman–Crippen MR) is 61.2 cm³/mol. The Hall–Kier alpha value is -1.42. The van der Waals surface area contributed by atoms with Crippen molar-refractivity contribution in [3.63, 3.8) is 0 Å². The van der Waals surface area contributed by atoms with Crippen molar-refractivity contribution in [2.75, 3.05) is 0 Å². The number of aromatic nitrogens is 3. The molecule has 0 atom stereocenters. The first-order chi connectivity index (χ1) is 7.72. The Balaban J connectivity index is 2.46. The quantitative estimate of drug-likeness (QED) is 0.782. The van der Waals surface area contributed by atoms with E-state index in [9.17, 15) is 5.11 Å². The lowest BCUT2D eigenvalue weighted by Crippen LogP contribution is -2.00. The Morgan fingerprint density at radius 1 is 1.38 bits per heavy atom. The monoisotopic (exact) mass is 217 g/mol. The summed E-state index contributed by atoms with van der Waals surface area (Å²) in [6.45, 7) is 2.07. The van der Waals surface area contributed by atoms with E-state index in [4.69, 9.17) is 0 Å². The van der Waals surface area contributed by atoms with E-state index in [1.54, 1.807) is 0 Å². The molecule has 1 aliphatic rings. The summed E-state index contributed by atoms with van der Waals surface area (Å²) in [7, 11) is 1.91. The van der Waals surface area contributed by atoms with Crippen molar-refractivity contribution in [2.45, 2.75) is 32.8 Å². The van der Waals surface area contributed by atoms with Crippen LogP contribution in [0.25, 0.3) is 11.0 Å². The molecule has 4 heteroatoms. The summed E-state index contributed by atoms with van der Waals surface area (Å²) >= 11 is 0. The second-order valence-corrected chi connectivity index (χ2v) is 4.43. The van der Waals surface area contributed by atoms with Gasteiger partial charge in [0.25, 0.3) is 0 Å². The van der Waals surface area contributed by atoms with Gasteiger partial charge in [0.1, 0.15) is 0 Å². The summed E-state index contributed by atoms with van der Waals surface area (Å²) in [5, 5.41) is 15.0. The van der Waals surface area contributed by atoms with Crippen LogP contribution in [0.15, 0.2) is 0 Å². The zero-order valence-corrected chi connectivity index (χ0v) is 9.62. The van der Waals surface area contributed by atoms with Gasteiger partial charge in [-0.05, 0) is 37.3 Å². The molecule has 0 spiro atoms. The van der Waals surface area contributed by atoms with Gasteiger partial charge in [-0.15, -0.1) is 0 Å². The van der Waals surface area contributed by atoms with Crippen molar-refractivity contribution in [3.8, 4) is 0 Å². The van der Waals surface area contributed by atoms with Gasteiger partial charge >= 0.3 is 0 Å². The van der Waals surface area contributed by atoms with Crippen LogP contribution in [0, 0.1) is 6.92 Å². The van der Waals surface area contributed by atoms with Gasteiger partial charge in [0.05, 0.1) is 12.3 Å². The number of aliphatic hydroxyl groups excluding tert-OH is 1. The predicted octanol–water partition coefficient (Wildman–Crippen LogP) is 1.26. The van der Waals surface area contributed by atoms with Gasteiger partial charge < -0.3 is 5.11 Å². The lowest BCUT2D eigenvalue weighted by atomic mass is 10.0. The van der Waals surface area contributed by atoms with Crippen molar-refractivity contribution >= 4 is 11.0 Å². The van der Waals surface area contributed by atoms with Gasteiger partial charge in [0.2, 0.25) is 0 Å². The van der Waals surface area contributed by atoms with Crippen LogP contribution in [0.3, 0.4) is 0 Å². The molecule has 0 radical (unpaired) electrons. The molecule has 2 heterocycles. The molecule has 0 aromatic carbocycles. The largest absolute Gasteiger partial charge is 0.392 e. The average molecular weight is 217 g/mol. The Morgan fingerprint density at radius 2 is 2.19 bits per heavy atom. The SMILES string of the molecule is Cc1nn(C)c2nc3c(c(CO)c12)CCC3. The smallest absolute Gasteiger partial charge is 0.158 e. The molecular weight excluding hydrogens is 202 g/mol. The van der Waals surface area contributed by atoms with Gasteiger partial charge in [-0.2, -0.15) is 5.10 Å². The molecule has 4 nitrogen and oxygen atoms in total. The lowest BCUT2D eigenvalue weighted by molar-refractivity contribution is 0.282. The van der Waals surface area contributed by atoms with Crippen molar-refractivity contribution < 1.29 is 5.11 Å². The summed E-state index contributed by atoms with van der Waals surface area (Å²) < 4.78 is 1.81. The molecule has 0 saturated heterocycles. The van der Waals surface area contributed by atoms with Crippen LogP contribution in [0.1, 0.15) is 28.9 Å². The van der Waals surface area contributed by atoms with Gasteiger partial charge in [-0.1, -0.05) is 0 Å². The zero-order chi connectivity index (χ0) is 11.3. The van der Waals surface area contributed by atoms with Gasteiger partial charge in [0, 0.05) is 18.1 Å². The summed E-state index contributed by atoms with van der Waals surface area (Å²) in [5.74, 6) is 0. The third-order valence-electron chi connectivity index (χ3n) is 3.45. The number of fused-ring (bicyclic) bond motifs is 2. The average Bonchev–Trinajstić information content (AvgIpc) is 2.82. The van der Waals surface area contributed by atoms with Crippen molar-refractivity contribution in [1.29, 1.82) is 0 Å². The molecule has 84 valence electrons. The summed E-state index contributed by atoms with van der Waals surface area (Å²) in [6, 6.07) is 0. The van der Waals surface area contributed by atoms with Crippen LogP contribution in [0.4, 0.5) is 0 Å². The minimum Gasteiger partial charge on any atom is -0.392 e. The molecule has 0 aliphatic heterocycles. The van der Waals surface area contributed by atoms with E-state index in [-0.39, 0.29) is 6.61 Å². The molecule has 2 aromatic heterocycles. The Labute approximate surface area is 93.9 Å². The molecule has 0 amide bonds. The molecule has 16 heavy (non-hydrogen) atoms. The number of hydrogen-bond acceptors (Lipinski definition) is 3. The summed E-state index contributed by atoms with van der Waals surface area (Å²) in [5.41, 5.74) is 5.32. The number of hydrogen-bond donors (Lipinski definition) is 1. The van der Waals surface area contributed by atoms with Gasteiger partial charge in [-0.25, -0.2) is 4.98 Å². The topological polar surface area (TPSA) is 50.9 Å². The van der Waals surface area contributed by atoms with E-state index in [1.165, 1.54) is 5.56 Å². The van der Waals surface area contributed by atoms with Crippen molar-refractivity contribution in [3.05, 3.63) is 22.5 Å². The Kier molecular flexibility index (Phi) is 2.01. The number of nitrogens with zero attached hydrogens (tertiary/aromatic N) is 3. The van der Waals surface area contributed by atoms with E-state index < -0.39 is 0 Å². The number of aryl methyl sites for hydroxylation is 3. The van der Waals surface area contributed by atoms with E-state index in [2.05, 4.69) is 10.1 Å². The van der Waals surface area contributed by atoms with E-state index >= 15 is 0 Å². The highest BCUT2D eigenvalue weighted by atomic mass is 16.3. The van der Waals surface area contributed by atoms with Gasteiger partial charge in [0.15, 0.2) is 5.65 Å². The zero-order valence-electron chi connectivity index (χ0n) is 9.62. The fourth-order valence-electron chi connectivity index (χ4n) is 2.76. The van der Waals surface area contributed by atoms with Crippen LogP contribution in [0.2, 0.25) is 0 Å². The summed E-state index contributed by atoms with van der Waals surface area (Å²) in [6.07, 6.45) is 3.23. The molecule has 1 N–H and O–H groups in total. The van der Waals surface area contributed by atoms with Crippen LogP contribution >= 0.6 is 0 Å². The van der Waals surface area contributed by atoms with Gasteiger partial charge in [-0.3, -0.25) is 4.68 Å². The number of rotatable bonds is 1. The maximum absolute atomic E-state index is 9.57. The highest BCUT2D eigenvalue weighted by molar-refractivity contribution is 5.83. The fourth-order valence-corrected chi connectivity index (χ4v) is 2.76. The molecule has 1 aliphatic carbocycles. The highest BCUT2D eigenvalue weighted by Crippen LogP contribution is 2.31. The maximum Gasteiger partial charge on any atom is 0.158 e. The van der Waals surface area contributed by atoms with Crippen molar-refractivity contribution in [2.24, 2.45) is 7.05 Å². The molecule has 0 fully saturated rings. The molecule has 0 unspecified atom stereocenters. The Bertz CT molecular complexity index is 571. The molecular formula is C12H15N3O. The highest BCUT2D eigenvalue weighted by Gasteiger charge is 2.22. The van der Waals surface area contributed by atoms with E-state index in [0.717, 1.165) is 47.2 Å². The minimum absolute atomic E-state index is 0.0912. The van der Waals surface area contributed by atoms with Crippen LogP contribution in [0.5, 0.6) is 0 Å². The third kappa shape index (κ3) is 1.13. The van der Waals surface area contributed by atoms with Crippen LogP contribution < -0.4 is 0 Å². The molecule has 0 bridgehead atoms. The third-order valence-corrected chi connectivity index (χ3v) is 3.45. The molecule has 2 aromatic rings. The maximum atomic E-state index is 9.57. The number of pyridine rings is 1. The normalized spacial score (nSPS) is 14.7. The number of aliphatic hydroxyl groups is 1. The lowest BCUT2D eigenvalue weighted by Gasteiger charge is -2.07. The van der Waals surface area contributed by atoms with E-state index in [1.807, 2.05) is 18.7 Å². The fraction of sp³-hybridized carbons (Fsp3) is 0.500. The minimum atomic E-state index is 0.0912. The first kappa shape index (κ1) is 9.78. The second-order valence-electron chi connectivity index (χ2n) is 4.43. The first-order valence-electron chi connectivity index (χ1n) is 5.67. The Morgan fingerprint density at radius 3 is 2.94 bits per heavy atom. The second kappa shape index (κ2) is 3.28. The van der Waals surface area contributed by atoms with Crippen LogP contribution in [-0.4, -0.2) is 19.9 Å².